The maximum absolute atomic E-state index is 9.78. The zero-order chi connectivity index (χ0) is 10.9. The number of hydrogen-bond donors (Lipinski definition) is 0. The van der Waals surface area contributed by atoms with Crippen molar-refractivity contribution in [1.29, 1.82) is 0 Å². The molecule has 6 heteroatoms. The minimum absolute atomic E-state index is 0.505. The van der Waals surface area contributed by atoms with Gasteiger partial charge in [0, 0.05) is 27.4 Å². The van der Waals surface area contributed by atoms with Crippen molar-refractivity contribution in [2.75, 3.05) is 27.9 Å². The van der Waals surface area contributed by atoms with Gasteiger partial charge in [-0.1, -0.05) is 0 Å². The van der Waals surface area contributed by atoms with Gasteiger partial charge in [0.05, 0.1) is 6.54 Å². The number of hydrogen-bond acceptors (Lipinski definition) is 5. The largest absolute Gasteiger partial charge is 0.500 e. The molecule has 0 aromatic heterocycles. The molecule has 14 heavy (non-hydrogen) atoms. The summed E-state index contributed by atoms with van der Waals surface area (Å²) in [6.45, 7) is 0.505. The van der Waals surface area contributed by atoms with Crippen molar-refractivity contribution in [1.82, 2.24) is 0 Å². The van der Waals surface area contributed by atoms with E-state index in [9.17, 15) is 4.79 Å². The molecule has 0 radical (unpaired) electrons. The van der Waals surface area contributed by atoms with Gasteiger partial charge in [-0.25, -0.2) is 9.79 Å². The van der Waals surface area contributed by atoms with Gasteiger partial charge >= 0.3 is 8.80 Å². The van der Waals surface area contributed by atoms with Gasteiger partial charge in [-0.3, -0.25) is 0 Å². The van der Waals surface area contributed by atoms with E-state index in [1.807, 2.05) is 0 Å². The quantitative estimate of drug-likeness (QED) is 0.264. The van der Waals surface area contributed by atoms with Gasteiger partial charge in [0.1, 0.15) is 0 Å². The van der Waals surface area contributed by atoms with Crippen molar-refractivity contribution in [2.24, 2.45) is 4.99 Å². The van der Waals surface area contributed by atoms with Crippen molar-refractivity contribution in [3.63, 3.8) is 0 Å². The molecule has 82 valence electrons. The van der Waals surface area contributed by atoms with Crippen LogP contribution in [0.1, 0.15) is 12.8 Å². The lowest BCUT2D eigenvalue weighted by molar-refractivity contribution is 0.123. The van der Waals surface area contributed by atoms with Crippen LogP contribution in [0.15, 0.2) is 4.99 Å². The van der Waals surface area contributed by atoms with Crippen LogP contribution < -0.4 is 0 Å². The lowest BCUT2D eigenvalue weighted by atomic mass is 10.3. The maximum Gasteiger partial charge on any atom is 0.500 e. The van der Waals surface area contributed by atoms with Gasteiger partial charge < -0.3 is 13.3 Å². The molecule has 0 aliphatic heterocycles. The molecule has 0 rings (SSSR count). The molecule has 5 nitrogen and oxygen atoms in total. The molecule has 0 unspecified atom stereocenters. The number of nitrogens with zero attached hydrogens (tertiary/aromatic N) is 1. The highest BCUT2D eigenvalue weighted by Gasteiger charge is 2.36. The maximum atomic E-state index is 9.78. The monoisotopic (exact) mass is 219 g/mol. The highest BCUT2D eigenvalue weighted by atomic mass is 28.4. The number of aliphatic imine (C=N–C) groups is 1. The van der Waals surface area contributed by atoms with Gasteiger partial charge in [0.2, 0.25) is 6.08 Å². The molecule has 0 saturated carbocycles. The summed E-state index contributed by atoms with van der Waals surface area (Å²) in [5, 5.41) is 0. The summed E-state index contributed by atoms with van der Waals surface area (Å²) in [6, 6.07) is 0.741. The highest BCUT2D eigenvalue weighted by molar-refractivity contribution is 6.60. The van der Waals surface area contributed by atoms with E-state index in [1.54, 1.807) is 21.3 Å². The number of rotatable bonds is 8. The van der Waals surface area contributed by atoms with Crippen LogP contribution in [-0.2, 0) is 18.1 Å². The predicted molar refractivity (Wildman–Crippen MR) is 53.8 cm³/mol. The molecule has 0 saturated heterocycles. The first-order valence-corrected chi connectivity index (χ1v) is 6.37. The second kappa shape index (κ2) is 7.84. The number of unbranched alkanes of at least 4 members (excludes halogenated alkanes) is 1. The standard InChI is InChI=1S/C8H17NO4Si/c1-11-14(12-2,13-3)7-5-4-6-9-8-10/h4-7H2,1-3H3. The average Bonchev–Trinajstić information content (AvgIpc) is 2.24. The van der Waals surface area contributed by atoms with Crippen LogP contribution in [0.25, 0.3) is 0 Å². The van der Waals surface area contributed by atoms with E-state index in [0.29, 0.717) is 6.54 Å². The summed E-state index contributed by atoms with van der Waals surface area (Å²) in [5.41, 5.74) is 0. The second-order valence-electron chi connectivity index (χ2n) is 2.73. The Labute approximate surface area is 85.4 Å². The van der Waals surface area contributed by atoms with E-state index in [2.05, 4.69) is 4.99 Å². The van der Waals surface area contributed by atoms with Crippen LogP contribution in [-0.4, -0.2) is 42.8 Å². The Morgan fingerprint density at radius 1 is 1.14 bits per heavy atom. The molecule has 0 aromatic carbocycles. The van der Waals surface area contributed by atoms with Crippen LogP contribution in [0.4, 0.5) is 0 Å². The van der Waals surface area contributed by atoms with Crippen molar-refractivity contribution in [2.45, 2.75) is 18.9 Å². The van der Waals surface area contributed by atoms with E-state index >= 15 is 0 Å². The zero-order valence-corrected chi connectivity index (χ0v) is 9.91. The normalized spacial score (nSPS) is 11.1. The minimum Gasteiger partial charge on any atom is -0.377 e. The van der Waals surface area contributed by atoms with Gasteiger partial charge in [0.25, 0.3) is 0 Å². The lowest BCUT2D eigenvalue weighted by Gasteiger charge is -2.23. The van der Waals surface area contributed by atoms with E-state index in [0.717, 1.165) is 18.9 Å². The summed E-state index contributed by atoms with van der Waals surface area (Å²) in [5.74, 6) is 0. The van der Waals surface area contributed by atoms with Crippen LogP contribution in [0.5, 0.6) is 0 Å². The molecule has 0 amide bonds. The smallest absolute Gasteiger partial charge is 0.377 e. The van der Waals surface area contributed by atoms with Gasteiger partial charge in [0.15, 0.2) is 0 Å². The third-order valence-corrected chi connectivity index (χ3v) is 4.83. The SMILES string of the molecule is CO[Si](CCCCN=C=O)(OC)OC. The van der Waals surface area contributed by atoms with Gasteiger partial charge in [-0.2, -0.15) is 0 Å². The lowest BCUT2D eigenvalue weighted by Crippen LogP contribution is -2.42. The molecule has 0 aliphatic rings. The molecular formula is C8H17NO4Si. The van der Waals surface area contributed by atoms with E-state index in [4.69, 9.17) is 13.3 Å². The van der Waals surface area contributed by atoms with Crippen LogP contribution in [0, 0.1) is 0 Å². The minimum atomic E-state index is -2.42. The Morgan fingerprint density at radius 2 is 1.71 bits per heavy atom. The summed E-state index contributed by atoms with van der Waals surface area (Å²) >= 11 is 0. The van der Waals surface area contributed by atoms with Crippen molar-refractivity contribution in [3.8, 4) is 0 Å². The average molecular weight is 219 g/mol. The Morgan fingerprint density at radius 3 is 2.14 bits per heavy atom. The van der Waals surface area contributed by atoms with E-state index in [-0.39, 0.29) is 0 Å². The summed E-state index contributed by atoms with van der Waals surface area (Å²) in [7, 11) is 2.34. The van der Waals surface area contributed by atoms with Crippen LogP contribution >= 0.6 is 0 Å². The molecule has 0 bridgehead atoms. The molecule has 0 aliphatic carbocycles. The zero-order valence-electron chi connectivity index (χ0n) is 8.91. The molecule has 0 spiro atoms. The fourth-order valence-corrected chi connectivity index (χ4v) is 2.93. The molecule has 0 aromatic rings. The van der Waals surface area contributed by atoms with Crippen molar-refractivity contribution >= 4 is 14.9 Å². The molecule has 0 atom stereocenters. The first-order valence-electron chi connectivity index (χ1n) is 4.43. The van der Waals surface area contributed by atoms with E-state index in [1.165, 1.54) is 6.08 Å². The van der Waals surface area contributed by atoms with Gasteiger partial charge in [-0.05, 0) is 12.8 Å². The van der Waals surface area contributed by atoms with Gasteiger partial charge in [-0.15, -0.1) is 0 Å². The first-order chi connectivity index (χ1) is 6.74. The first kappa shape index (κ1) is 13.5. The fraction of sp³-hybridized carbons (Fsp3) is 0.875. The predicted octanol–water partition coefficient (Wildman–Crippen LogP) is 0.980. The molecular weight excluding hydrogens is 202 g/mol. The Kier molecular flexibility index (Phi) is 7.55. The molecule has 0 heterocycles. The summed E-state index contributed by atoms with van der Waals surface area (Å²) in [4.78, 5) is 13.2. The number of carbonyl (C=O) groups excluding carboxylic acids is 1. The van der Waals surface area contributed by atoms with Crippen LogP contribution in [0.2, 0.25) is 6.04 Å². The Hall–Kier alpha value is -0.523. The third kappa shape index (κ3) is 4.64. The molecule has 0 fully saturated rings. The number of isocyanates is 1. The summed E-state index contributed by atoms with van der Waals surface area (Å²) < 4.78 is 15.7. The highest BCUT2D eigenvalue weighted by Crippen LogP contribution is 2.15. The molecule has 0 N–H and O–H groups in total. The Balaban J connectivity index is 3.76. The van der Waals surface area contributed by atoms with Crippen LogP contribution in [0.3, 0.4) is 0 Å². The second-order valence-corrected chi connectivity index (χ2v) is 5.82. The van der Waals surface area contributed by atoms with E-state index < -0.39 is 8.80 Å². The topological polar surface area (TPSA) is 57.1 Å². The third-order valence-electron chi connectivity index (χ3n) is 2.00. The fourth-order valence-electron chi connectivity index (χ4n) is 1.13. The van der Waals surface area contributed by atoms with Crippen molar-refractivity contribution in [3.05, 3.63) is 0 Å². The van der Waals surface area contributed by atoms with Crippen molar-refractivity contribution < 1.29 is 18.1 Å². The summed E-state index contributed by atoms with van der Waals surface area (Å²) in [6.07, 6.45) is 3.19. The Bertz CT molecular complexity index is 182.